The Labute approximate surface area is 204 Å². The van der Waals surface area contributed by atoms with E-state index in [2.05, 4.69) is 0 Å². The molecule has 3 rings (SSSR count). The maximum atomic E-state index is 14.6. The number of nitriles is 1. The van der Waals surface area contributed by atoms with Gasteiger partial charge in [0.25, 0.3) is 0 Å². The van der Waals surface area contributed by atoms with E-state index in [0.29, 0.717) is 5.56 Å². The van der Waals surface area contributed by atoms with E-state index in [1.165, 1.54) is 12.1 Å². The van der Waals surface area contributed by atoms with Crippen molar-refractivity contribution in [2.75, 3.05) is 0 Å². The van der Waals surface area contributed by atoms with Crippen molar-refractivity contribution < 1.29 is 23.1 Å². The molecule has 2 aromatic carbocycles. The zero-order chi connectivity index (χ0) is 26.2. The van der Waals surface area contributed by atoms with Gasteiger partial charge in [-0.3, -0.25) is 9.69 Å². The third-order valence-electron chi connectivity index (χ3n) is 6.52. The molecule has 0 spiro atoms. The molecule has 0 radical (unpaired) electrons. The molecule has 188 valence electrons. The average molecular weight is 488 g/mol. The molecule has 35 heavy (non-hydrogen) atoms. The summed E-state index contributed by atoms with van der Waals surface area (Å²) < 4.78 is 43.7. The number of alkyl halides is 3. The van der Waals surface area contributed by atoms with E-state index in [9.17, 15) is 28.3 Å². The van der Waals surface area contributed by atoms with E-state index in [0.717, 1.165) is 16.0 Å². The van der Waals surface area contributed by atoms with Gasteiger partial charge >= 0.3 is 6.18 Å². The summed E-state index contributed by atoms with van der Waals surface area (Å²) in [6.07, 6.45) is -4.10. The van der Waals surface area contributed by atoms with Gasteiger partial charge in [-0.15, -0.1) is 0 Å². The number of benzene rings is 2. The van der Waals surface area contributed by atoms with Crippen molar-refractivity contribution in [2.45, 2.75) is 76.4 Å². The fraction of sp³-hybridized carbons (Fsp3) is 0.481. The molecule has 1 amide bonds. The number of nitrogens with zero attached hydrogens (tertiary/aromatic N) is 2. The van der Waals surface area contributed by atoms with E-state index >= 15 is 0 Å². The number of hydrogen-bond acceptors (Lipinski definition) is 4. The Balaban J connectivity index is 2.04. The molecule has 0 saturated heterocycles. The van der Waals surface area contributed by atoms with Crippen LogP contribution in [0.4, 0.5) is 13.2 Å². The van der Waals surface area contributed by atoms with Gasteiger partial charge in [0.05, 0.1) is 17.7 Å². The number of amides is 1. The molecule has 0 bridgehead atoms. The lowest BCUT2D eigenvalue weighted by Gasteiger charge is -2.41. The van der Waals surface area contributed by atoms with Crippen LogP contribution in [0.25, 0.3) is 11.1 Å². The fourth-order valence-corrected chi connectivity index (χ4v) is 4.52. The zero-order valence-electron chi connectivity index (χ0n) is 20.4. The Morgan fingerprint density at radius 2 is 1.57 bits per heavy atom. The van der Waals surface area contributed by atoms with Crippen LogP contribution in [0.1, 0.15) is 64.1 Å². The maximum absolute atomic E-state index is 14.6. The SMILES string of the molecule is CC(C)C[C@@H](C(N)=O)N([C@@H](c1ccc(-c2ccc(C(C)(C)O)cc2)cc1)C(F)(F)F)C1(C#N)CC1. The maximum Gasteiger partial charge on any atom is 0.408 e. The monoisotopic (exact) mass is 487 g/mol. The highest BCUT2D eigenvalue weighted by Gasteiger charge is 2.60. The minimum Gasteiger partial charge on any atom is -0.386 e. The minimum absolute atomic E-state index is 0.0501. The van der Waals surface area contributed by atoms with Crippen molar-refractivity contribution >= 4 is 5.91 Å². The number of aliphatic hydroxyl groups is 1. The number of carbonyl (C=O) groups is 1. The lowest BCUT2D eigenvalue weighted by molar-refractivity contribution is -0.200. The number of hydrogen-bond donors (Lipinski definition) is 2. The molecule has 1 aliphatic rings. The predicted octanol–water partition coefficient (Wildman–Crippen LogP) is 5.44. The highest BCUT2D eigenvalue weighted by molar-refractivity contribution is 5.80. The second kappa shape index (κ2) is 9.63. The Morgan fingerprint density at radius 1 is 1.09 bits per heavy atom. The molecule has 2 atom stereocenters. The molecule has 0 aliphatic heterocycles. The first-order chi connectivity index (χ1) is 16.2. The molecule has 1 aliphatic carbocycles. The minimum atomic E-state index is -4.73. The van der Waals surface area contributed by atoms with Crippen LogP contribution in [-0.4, -0.2) is 33.7 Å². The summed E-state index contributed by atoms with van der Waals surface area (Å²) in [5.41, 5.74) is 5.38. The Morgan fingerprint density at radius 3 is 1.91 bits per heavy atom. The van der Waals surface area contributed by atoms with Crippen LogP contribution >= 0.6 is 0 Å². The smallest absolute Gasteiger partial charge is 0.386 e. The topological polar surface area (TPSA) is 90.3 Å². The Hall–Kier alpha value is -2.89. The van der Waals surface area contributed by atoms with Crippen LogP contribution < -0.4 is 5.73 Å². The van der Waals surface area contributed by atoms with Crippen molar-refractivity contribution in [3.05, 3.63) is 59.7 Å². The third kappa shape index (κ3) is 5.85. The second-order valence-electron chi connectivity index (χ2n) is 10.3. The van der Waals surface area contributed by atoms with Crippen molar-refractivity contribution in [3.8, 4) is 17.2 Å². The molecule has 3 N–H and O–H groups in total. The van der Waals surface area contributed by atoms with Gasteiger partial charge in [0, 0.05) is 0 Å². The van der Waals surface area contributed by atoms with Crippen molar-refractivity contribution in [1.29, 1.82) is 5.26 Å². The normalized spacial score (nSPS) is 17.2. The molecule has 8 heteroatoms. The molecular weight excluding hydrogens is 455 g/mol. The summed E-state index contributed by atoms with van der Waals surface area (Å²) in [4.78, 5) is 13.4. The van der Waals surface area contributed by atoms with Gasteiger partial charge in [-0.05, 0) is 61.3 Å². The third-order valence-corrected chi connectivity index (χ3v) is 6.52. The van der Waals surface area contributed by atoms with Crippen molar-refractivity contribution in [3.63, 3.8) is 0 Å². The van der Waals surface area contributed by atoms with E-state index in [1.807, 2.05) is 6.07 Å². The van der Waals surface area contributed by atoms with Gasteiger partial charge in [-0.1, -0.05) is 62.4 Å². The highest BCUT2D eigenvalue weighted by atomic mass is 19.4. The van der Waals surface area contributed by atoms with Gasteiger partial charge in [0.2, 0.25) is 5.91 Å². The average Bonchev–Trinajstić information content (AvgIpc) is 3.56. The first-order valence-corrected chi connectivity index (χ1v) is 11.7. The van der Waals surface area contributed by atoms with Crippen LogP contribution in [0.2, 0.25) is 0 Å². The molecule has 0 aromatic heterocycles. The highest BCUT2D eigenvalue weighted by Crippen LogP contribution is 2.52. The number of carbonyl (C=O) groups excluding carboxylic acids is 1. The Kier molecular flexibility index (Phi) is 7.35. The molecule has 0 unspecified atom stereocenters. The number of nitrogens with two attached hydrogens (primary N) is 1. The van der Waals surface area contributed by atoms with Crippen LogP contribution in [0.5, 0.6) is 0 Å². The molecule has 2 aromatic rings. The lowest BCUT2D eigenvalue weighted by atomic mass is 9.92. The van der Waals surface area contributed by atoms with E-state index in [4.69, 9.17) is 5.73 Å². The molecular formula is C27H32F3N3O2. The first-order valence-electron chi connectivity index (χ1n) is 11.7. The molecule has 1 saturated carbocycles. The summed E-state index contributed by atoms with van der Waals surface area (Å²) >= 11 is 0. The summed E-state index contributed by atoms with van der Waals surface area (Å²) in [6, 6.07) is 11.8. The van der Waals surface area contributed by atoms with Crippen molar-refractivity contribution in [1.82, 2.24) is 4.90 Å². The van der Waals surface area contributed by atoms with Gasteiger partial charge in [0.1, 0.15) is 11.6 Å². The predicted molar refractivity (Wildman–Crippen MR) is 128 cm³/mol. The van der Waals surface area contributed by atoms with Crippen LogP contribution in [-0.2, 0) is 10.4 Å². The lowest BCUT2D eigenvalue weighted by Crippen LogP contribution is -2.56. The van der Waals surface area contributed by atoms with Crippen LogP contribution in [0.3, 0.4) is 0 Å². The van der Waals surface area contributed by atoms with E-state index in [1.54, 1.807) is 64.1 Å². The van der Waals surface area contributed by atoms with Crippen molar-refractivity contribution in [2.24, 2.45) is 11.7 Å². The molecule has 5 nitrogen and oxygen atoms in total. The van der Waals surface area contributed by atoms with E-state index < -0.39 is 35.3 Å². The fourth-order valence-electron chi connectivity index (χ4n) is 4.52. The molecule has 0 heterocycles. The van der Waals surface area contributed by atoms with Gasteiger partial charge in [-0.25, -0.2) is 0 Å². The summed E-state index contributed by atoms with van der Waals surface area (Å²) in [6.45, 7) is 6.96. The van der Waals surface area contributed by atoms with Crippen LogP contribution in [0.15, 0.2) is 48.5 Å². The quantitative estimate of drug-likeness (QED) is 0.493. The molecule has 1 fully saturated rings. The number of halogens is 3. The first kappa shape index (κ1) is 26.7. The number of primary amides is 1. The Bertz CT molecular complexity index is 1080. The van der Waals surface area contributed by atoms with Gasteiger partial charge in [-0.2, -0.15) is 18.4 Å². The summed E-state index contributed by atoms with van der Waals surface area (Å²) in [7, 11) is 0. The van der Waals surface area contributed by atoms with E-state index in [-0.39, 0.29) is 30.7 Å². The second-order valence-corrected chi connectivity index (χ2v) is 10.3. The number of rotatable bonds is 9. The largest absolute Gasteiger partial charge is 0.408 e. The van der Waals surface area contributed by atoms with Crippen LogP contribution in [0, 0.1) is 17.2 Å². The summed E-state index contributed by atoms with van der Waals surface area (Å²) in [5.74, 6) is -0.953. The standard InChI is InChI=1S/C27H32F3N3O2/c1-17(2)15-22(24(32)34)33(26(16-31)13-14-26)23(27(28,29)30)20-7-5-18(6-8-20)19-9-11-21(12-10-19)25(3,4)35/h5-12,17,22-23,35H,13-15H2,1-4H3,(H2,32,34)/t22-,23-/m0/s1. The van der Waals surface area contributed by atoms with Gasteiger partial charge in [0.15, 0.2) is 0 Å². The van der Waals surface area contributed by atoms with Gasteiger partial charge < -0.3 is 10.8 Å². The zero-order valence-corrected chi connectivity index (χ0v) is 20.4. The summed E-state index contributed by atoms with van der Waals surface area (Å²) in [5, 5.41) is 19.9.